The Labute approximate surface area is 107 Å². The summed E-state index contributed by atoms with van der Waals surface area (Å²) in [6, 6.07) is 0. The fourth-order valence-electron chi connectivity index (χ4n) is 1.48. The van der Waals surface area contributed by atoms with Crippen molar-refractivity contribution in [3.8, 4) is 0 Å². The van der Waals surface area contributed by atoms with Gasteiger partial charge >= 0.3 is 5.97 Å². The minimum Gasteiger partial charge on any atom is -0.465 e. The summed E-state index contributed by atoms with van der Waals surface area (Å²) in [6.45, 7) is 7.53. The highest BCUT2D eigenvalue weighted by Gasteiger charge is 2.14. The van der Waals surface area contributed by atoms with Crippen molar-refractivity contribution in [2.45, 2.75) is 33.6 Å². The van der Waals surface area contributed by atoms with E-state index in [-0.39, 0.29) is 5.97 Å². The number of aromatic nitrogens is 1. The average Bonchev–Trinajstić information content (AvgIpc) is 2.77. The van der Waals surface area contributed by atoms with Crippen molar-refractivity contribution in [2.75, 3.05) is 24.6 Å². The highest BCUT2D eigenvalue weighted by molar-refractivity contribution is 7.13. The summed E-state index contributed by atoms with van der Waals surface area (Å²) >= 11 is 1.59. The van der Waals surface area contributed by atoms with E-state index in [2.05, 4.69) is 18.8 Å². The van der Waals surface area contributed by atoms with E-state index in [9.17, 15) is 4.79 Å². The van der Waals surface area contributed by atoms with Crippen LogP contribution in [0.3, 0.4) is 0 Å². The molecule has 0 spiro atoms. The molecule has 0 aromatic carbocycles. The molecule has 0 radical (unpaired) electrons. The van der Waals surface area contributed by atoms with Gasteiger partial charge in [-0.3, -0.25) is 4.79 Å². The lowest BCUT2D eigenvalue weighted by atomic mass is 10.4. The number of aryl methyl sites for hydroxylation is 1. The summed E-state index contributed by atoms with van der Waals surface area (Å²) in [7, 11) is 0. The molecule has 0 aliphatic heterocycles. The molecule has 0 aliphatic carbocycles. The quantitative estimate of drug-likeness (QED) is 0.703. The Morgan fingerprint density at radius 3 is 2.76 bits per heavy atom. The fraction of sp³-hybridized carbons (Fsp3) is 0.667. The first kappa shape index (κ1) is 14.0. The van der Waals surface area contributed by atoms with Crippen LogP contribution in [0.2, 0.25) is 0 Å². The third-order valence-electron chi connectivity index (χ3n) is 2.29. The van der Waals surface area contributed by atoms with Gasteiger partial charge in [-0.25, -0.2) is 4.98 Å². The van der Waals surface area contributed by atoms with Crippen molar-refractivity contribution in [3.05, 3.63) is 11.1 Å². The van der Waals surface area contributed by atoms with Gasteiger partial charge in [0.15, 0.2) is 5.13 Å². The monoisotopic (exact) mass is 256 g/mol. The van der Waals surface area contributed by atoms with Crippen molar-refractivity contribution in [3.63, 3.8) is 0 Å². The Balaban J connectivity index is 2.67. The SMILES string of the molecule is CCCN(CC(=O)OCC)c1nc(CC)cs1. The lowest BCUT2D eigenvalue weighted by molar-refractivity contribution is -0.141. The van der Waals surface area contributed by atoms with E-state index in [1.807, 2.05) is 17.2 Å². The average molecular weight is 256 g/mol. The second-order valence-corrected chi connectivity index (χ2v) is 4.54. The Morgan fingerprint density at radius 1 is 1.47 bits per heavy atom. The van der Waals surface area contributed by atoms with Crippen LogP contribution in [0.25, 0.3) is 0 Å². The first-order chi connectivity index (χ1) is 8.21. The van der Waals surface area contributed by atoms with Crippen LogP contribution in [0, 0.1) is 0 Å². The Kier molecular flexibility index (Phi) is 5.97. The zero-order valence-electron chi connectivity index (χ0n) is 10.7. The fourth-order valence-corrected chi connectivity index (χ4v) is 2.41. The van der Waals surface area contributed by atoms with Crippen LogP contribution in [-0.2, 0) is 16.0 Å². The van der Waals surface area contributed by atoms with Crippen molar-refractivity contribution < 1.29 is 9.53 Å². The van der Waals surface area contributed by atoms with Crippen LogP contribution in [-0.4, -0.2) is 30.6 Å². The van der Waals surface area contributed by atoms with E-state index in [1.165, 1.54) is 0 Å². The minimum absolute atomic E-state index is 0.186. The van der Waals surface area contributed by atoms with E-state index < -0.39 is 0 Å². The van der Waals surface area contributed by atoms with Crippen molar-refractivity contribution >= 4 is 22.4 Å². The summed E-state index contributed by atoms with van der Waals surface area (Å²) in [5.41, 5.74) is 1.08. The van der Waals surface area contributed by atoms with E-state index in [0.29, 0.717) is 13.2 Å². The number of esters is 1. The largest absolute Gasteiger partial charge is 0.465 e. The molecule has 96 valence electrons. The Bertz CT molecular complexity index is 352. The van der Waals surface area contributed by atoms with Gasteiger partial charge in [0.1, 0.15) is 6.54 Å². The molecule has 0 fully saturated rings. The third kappa shape index (κ3) is 4.34. The molecule has 0 N–H and O–H groups in total. The molecule has 1 aromatic heterocycles. The zero-order chi connectivity index (χ0) is 12.7. The maximum Gasteiger partial charge on any atom is 0.325 e. The van der Waals surface area contributed by atoms with Crippen LogP contribution >= 0.6 is 11.3 Å². The van der Waals surface area contributed by atoms with Gasteiger partial charge in [-0.1, -0.05) is 13.8 Å². The topological polar surface area (TPSA) is 42.4 Å². The van der Waals surface area contributed by atoms with Crippen molar-refractivity contribution in [1.82, 2.24) is 4.98 Å². The second kappa shape index (κ2) is 7.27. The molecule has 0 bridgehead atoms. The first-order valence-electron chi connectivity index (χ1n) is 6.06. The number of carbonyl (C=O) groups is 1. The number of ether oxygens (including phenoxy) is 1. The van der Waals surface area contributed by atoms with Gasteiger partial charge in [-0.15, -0.1) is 11.3 Å². The van der Waals surface area contributed by atoms with E-state index in [1.54, 1.807) is 11.3 Å². The van der Waals surface area contributed by atoms with Crippen LogP contribution in [0.5, 0.6) is 0 Å². The van der Waals surface area contributed by atoms with E-state index in [0.717, 1.165) is 30.2 Å². The van der Waals surface area contributed by atoms with Gasteiger partial charge in [0.05, 0.1) is 12.3 Å². The zero-order valence-corrected chi connectivity index (χ0v) is 11.5. The maximum absolute atomic E-state index is 11.5. The molecule has 0 unspecified atom stereocenters. The van der Waals surface area contributed by atoms with Crippen molar-refractivity contribution in [2.24, 2.45) is 0 Å². The number of hydrogen-bond donors (Lipinski definition) is 0. The molecular formula is C12H20N2O2S. The van der Waals surface area contributed by atoms with Crippen LogP contribution in [0.1, 0.15) is 32.9 Å². The molecule has 1 aromatic rings. The molecule has 0 saturated carbocycles. The predicted molar refractivity (Wildman–Crippen MR) is 70.6 cm³/mol. The van der Waals surface area contributed by atoms with Gasteiger partial charge < -0.3 is 9.64 Å². The van der Waals surface area contributed by atoms with Crippen molar-refractivity contribution in [1.29, 1.82) is 0 Å². The molecule has 0 saturated heterocycles. The predicted octanol–water partition coefficient (Wildman–Crippen LogP) is 2.49. The van der Waals surface area contributed by atoms with E-state index in [4.69, 9.17) is 4.74 Å². The summed E-state index contributed by atoms with van der Waals surface area (Å²) in [5.74, 6) is -0.186. The maximum atomic E-state index is 11.5. The van der Waals surface area contributed by atoms with Gasteiger partial charge in [0.25, 0.3) is 0 Å². The number of anilines is 1. The third-order valence-corrected chi connectivity index (χ3v) is 3.24. The van der Waals surface area contributed by atoms with Gasteiger partial charge in [-0.05, 0) is 19.8 Å². The second-order valence-electron chi connectivity index (χ2n) is 3.70. The highest BCUT2D eigenvalue weighted by atomic mass is 32.1. The number of nitrogens with zero attached hydrogens (tertiary/aromatic N) is 2. The smallest absolute Gasteiger partial charge is 0.325 e. The number of rotatable bonds is 7. The summed E-state index contributed by atoms with van der Waals surface area (Å²) in [6.07, 6.45) is 1.91. The lowest BCUT2D eigenvalue weighted by Gasteiger charge is -2.19. The lowest BCUT2D eigenvalue weighted by Crippen LogP contribution is -2.31. The molecule has 1 rings (SSSR count). The number of hydrogen-bond acceptors (Lipinski definition) is 5. The molecular weight excluding hydrogens is 236 g/mol. The van der Waals surface area contributed by atoms with E-state index >= 15 is 0 Å². The summed E-state index contributed by atoms with van der Waals surface area (Å²) in [4.78, 5) is 18.0. The van der Waals surface area contributed by atoms with Gasteiger partial charge in [-0.2, -0.15) is 0 Å². The molecule has 0 amide bonds. The summed E-state index contributed by atoms with van der Waals surface area (Å²) in [5, 5.41) is 2.96. The highest BCUT2D eigenvalue weighted by Crippen LogP contribution is 2.21. The first-order valence-corrected chi connectivity index (χ1v) is 6.94. The molecule has 1 heterocycles. The normalized spacial score (nSPS) is 10.3. The Hall–Kier alpha value is -1.10. The van der Waals surface area contributed by atoms with Crippen LogP contribution in [0.15, 0.2) is 5.38 Å². The molecule has 0 atom stereocenters. The molecule has 5 heteroatoms. The van der Waals surface area contributed by atoms with Crippen LogP contribution < -0.4 is 4.90 Å². The van der Waals surface area contributed by atoms with Crippen LogP contribution in [0.4, 0.5) is 5.13 Å². The molecule has 4 nitrogen and oxygen atoms in total. The minimum atomic E-state index is -0.186. The summed E-state index contributed by atoms with van der Waals surface area (Å²) < 4.78 is 4.97. The number of thiazole rings is 1. The Morgan fingerprint density at radius 2 is 2.24 bits per heavy atom. The van der Waals surface area contributed by atoms with Gasteiger partial charge in [0.2, 0.25) is 0 Å². The van der Waals surface area contributed by atoms with Gasteiger partial charge in [0, 0.05) is 11.9 Å². The number of carbonyl (C=O) groups excluding carboxylic acids is 1. The molecule has 0 aliphatic rings. The molecule has 17 heavy (non-hydrogen) atoms. The standard InChI is InChI=1S/C12H20N2O2S/c1-4-7-14(8-11(15)16-6-3)12-13-10(5-2)9-17-12/h9H,4-8H2,1-3H3.